The van der Waals surface area contributed by atoms with Crippen molar-refractivity contribution in [3.05, 3.63) is 29.8 Å². The SMILES string of the molecule is CN(Cc1cccc(OC(F)(F)F)c1)C(=O)[C@@H]1CC[C@H](C(=O)O)O1. The molecule has 1 aromatic rings. The third-order valence-corrected chi connectivity index (χ3v) is 3.50. The van der Waals surface area contributed by atoms with E-state index in [0.717, 1.165) is 6.07 Å². The van der Waals surface area contributed by atoms with E-state index in [-0.39, 0.29) is 25.1 Å². The smallest absolute Gasteiger partial charge is 0.479 e. The van der Waals surface area contributed by atoms with Crippen LogP contribution in [0.1, 0.15) is 18.4 Å². The highest BCUT2D eigenvalue weighted by Gasteiger charge is 2.36. The molecule has 1 saturated heterocycles. The van der Waals surface area contributed by atoms with Crippen molar-refractivity contribution in [3.63, 3.8) is 0 Å². The lowest BCUT2D eigenvalue weighted by atomic mass is 10.1. The molecule has 132 valence electrons. The average molecular weight is 347 g/mol. The Morgan fingerprint density at radius 2 is 2.00 bits per heavy atom. The van der Waals surface area contributed by atoms with E-state index < -0.39 is 30.4 Å². The van der Waals surface area contributed by atoms with Gasteiger partial charge in [0.1, 0.15) is 11.9 Å². The zero-order valence-electron chi connectivity index (χ0n) is 12.7. The third-order valence-electron chi connectivity index (χ3n) is 3.50. The number of carboxylic acid groups (broad SMARTS) is 1. The number of halogens is 3. The number of likely N-dealkylation sites (N-methyl/N-ethyl adjacent to an activating group) is 1. The van der Waals surface area contributed by atoms with E-state index in [1.54, 1.807) is 6.07 Å². The number of benzene rings is 1. The number of hydrogen-bond donors (Lipinski definition) is 1. The van der Waals surface area contributed by atoms with Crippen LogP contribution in [0.5, 0.6) is 5.75 Å². The highest BCUT2D eigenvalue weighted by molar-refractivity contribution is 5.82. The van der Waals surface area contributed by atoms with E-state index in [9.17, 15) is 22.8 Å². The molecule has 0 saturated carbocycles. The molecule has 1 aromatic carbocycles. The molecular formula is C15H16F3NO5. The van der Waals surface area contributed by atoms with E-state index >= 15 is 0 Å². The van der Waals surface area contributed by atoms with Gasteiger partial charge in [0.05, 0.1) is 0 Å². The second kappa shape index (κ2) is 7.08. The molecule has 2 atom stereocenters. The minimum absolute atomic E-state index is 0.0471. The molecule has 24 heavy (non-hydrogen) atoms. The number of rotatable bonds is 5. The fourth-order valence-electron chi connectivity index (χ4n) is 2.44. The second-order valence-electron chi connectivity index (χ2n) is 5.42. The highest BCUT2D eigenvalue weighted by atomic mass is 19.4. The van der Waals surface area contributed by atoms with Crippen LogP contribution in [0.4, 0.5) is 13.2 Å². The molecular weight excluding hydrogens is 331 g/mol. The van der Waals surface area contributed by atoms with Crippen molar-refractivity contribution in [1.82, 2.24) is 4.90 Å². The molecule has 0 bridgehead atoms. The van der Waals surface area contributed by atoms with E-state index in [1.165, 1.54) is 24.1 Å². The Hall–Kier alpha value is -2.29. The summed E-state index contributed by atoms with van der Waals surface area (Å²) in [6.07, 6.45) is -6.11. The summed E-state index contributed by atoms with van der Waals surface area (Å²) < 4.78 is 45.7. The molecule has 0 aromatic heterocycles. The van der Waals surface area contributed by atoms with Gasteiger partial charge in [0.25, 0.3) is 5.91 Å². The van der Waals surface area contributed by atoms with Crippen LogP contribution in [0.15, 0.2) is 24.3 Å². The standard InChI is InChI=1S/C15H16F3NO5/c1-19(13(20)11-5-6-12(23-11)14(21)22)8-9-3-2-4-10(7-9)24-15(16,17)18/h2-4,7,11-12H,5-6,8H2,1H3,(H,21,22)/t11-,12+/m0/s1. The molecule has 0 radical (unpaired) electrons. The zero-order valence-corrected chi connectivity index (χ0v) is 12.7. The van der Waals surface area contributed by atoms with Gasteiger partial charge in [0.15, 0.2) is 6.10 Å². The molecule has 0 spiro atoms. The first-order chi connectivity index (χ1) is 11.2. The van der Waals surface area contributed by atoms with Crippen molar-refractivity contribution in [2.24, 2.45) is 0 Å². The summed E-state index contributed by atoms with van der Waals surface area (Å²) >= 11 is 0. The number of nitrogens with zero attached hydrogens (tertiary/aromatic N) is 1. The van der Waals surface area contributed by atoms with Crippen LogP contribution >= 0.6 is 0 Å². The van der Waals surface area contributed by atoms with Crippen LogP contribution in [0.25, 0.3) is 0 Å². The largest absolute Gasteiger partial charge is 0.573 e. The van der Waals surface area contributed by atoms with Crippen LogP contribution in [-0.4, -0.2) is 47.5 Å². The summed E-state index contributed by atoms with van der Waals surface area (Å²) in [5.74, 6) is -1.91. The predicted molar refractivity (Wildman–Crippen MR) is 75.1 cm³/mol. The van der Waals surface area contributed by atoms with Gasteiger partial charge in [-0.05, 0) is 30.5 Å². The maximum atomic E-state index is 12.2. The first kappa shape index (κ1) is 18.1. The first-order valence-corrected chi connectivity index (χ1v) is 7.13. The Bertz CT molecular complexity index is 619. The van der Waals surface area contributed by atoms with Gasteiger partial charge in [0.2, 0.25) is 0 Å². The summed E-state index contributed by atoms with van der Waals surface area (Å²) in [6.45, 7) is 0.0471. The van der Waals surface area contributed by atoms with Crippen molar-refractivity contribution in [1.29, 1.82) is 0 Å². The summed E-state index contributed by atoms with van der Waals surface area (Å²) in [5.41, 5.74) is 0.445. The van der Waals surface area contributed by atoms with Crippen LogP contribution < -0.4 is 4.74 Å². The minimum atomic E-state index is -4.79. The zero-order chi connectivity index (χ0) is 17.9. The fraction of sp³-hybridized carbons (Fsp3) is 0.467. The summed E-state index contributed by atoms with van der Waals surface area (Å²) in [5, 5.41) is 8.85. The number of carbonyl (C=O) groups is 2. The quantitative estimate of drug-likeness (QED) is 0.884. The highest BCUT2D eigenvalue weighted by Crippen LogP contribution is 2.25. The fourth-order valence-corrected chi connectivity index (χ4v) is 2.44. The maximum Gasteiger partial charge on any atom is 0.573 e. The lowest BCUT2D eigenvalue weighted by molar-refractivity contribution is -0.274. The molecule has 0 aliphatic carbocycles. The van der Waals surface area contributed by atoms with Gasteiger partial charge in [0, 0.05) is 13.6 Å². The van der Waals surface area contributed by atoms with E-state index in [4.69, 9.17) is 9.84 Å². The Morgan fingerprint density at radius 3 is 2.58 bits per heavy atom. The number of ether oxygens (including phenoxy) is 2. The molecule has 1 heterocycles. The number of carbonyl (C=O) groups excluding carboxylic acids is 1. The van der Waals surface area contributed by atoms with Crippen molar-refractivity contribution < 1.29 is 37.3 Å². The summed E-state index contributed by atoms with van der Waals surface area (Å²) in [7, 11) is 1.47. The third kappa shape index (κ3) is 4.85. The van der Waals surface area contributed by atoms with Crippen molar-refractivity contribution in [2.45, 2.75) is 38.0 Å². The topological polar surface area (TPSA) is 76.1 Å². The van der Waals surface area contributed by atoms with Gasteiger partial charge >= 0.3 is 12.3 Å². The number of aliphatic carboxylic acids is 1. The van der Waals surface area contributed by atoms with Crippen LogP contribution in [0.3, 0.4) is 0 Å². The van der Waals surface area contributed by atoms with Gasteiger partial charge in [-0.15, -0.1) is 13.2 Å². The normalized spacial score (nSPS) is 20.7. The van der Waals surface area contributed by atoms with Gasteiger partial charge in [-0.3, -0.25) is 4.79 Å². The van der Waals surface area contributed by atoms with Crippen molar-refractivity contribution in [2.75, 3.05) is 7.05 Å². The van der Waals surface area contributed by atoms with E-state index in [0.29, 0.717) is 5.56 Å². The van der Waals surface area contributed by atoms with Gasteiger partial charge < -0.3 is 19.5 Å². The van der Waals surface area contributed by atoms with Crippen LogP contribution in [0, 0.1) is 0 Å². The Kier molecular flexibility index (Phi) is 5.33. The number of hydrogen-bond acceptors (Lipinski definition) is 4. The molecule has 1 fully saturated rings. The number of amides is 1. The minimum Gasteiger partial charge on any atom is -0.479 e. The van der Waals surface area contributed by atoms with Crippen molar-refractivity contribution in [3.8, 4) is 5.75 Å². The molecule has 2 rings (SSSR count). The molecule has 9 heteroatoms. The van der Waals surface area contributed by atoms with E-state index in [1.807, 2.05) is 0 Å². The van der Waals surface area contributed by atoms with E-state index in [2.05, 4.69) is 4.74 Å². The molecule has 0 unspecified atom stereocenters. The maximum absolute atomic E-state index is 12.2. The monoisotopic (exact) mass is 347 g/mol. The lowest BCUT2D eigenvalue weighted by Gasteiger charge is -2.21. The van der Waals surface area contributed by atoms with Crippen LogP contribution in [-0.2, 0) is 20.9 Å². The summed E-state index contributed by atoms with van der Waals surface area (Å²) in [4.78, 5) is 24.3. The predicted octanol–water partition coefficient (Wildman–Crippen LogP) is 2.18. The van der Waals surface area contributed by atoms with Gasteiger partial charge in [-0.25, -0.2) is 4.79 Å². The molecule has 1 amide bonds. The Labute approximate surface area is 135 Å². The Morgan fingerprint density at radius 1 is 1.33 bits per heavy atom. The second-order valence-corrected chi connectivity index (χ2v) is 5.42. The molecule has 1 aliphatic rings. The summed E-state index contributed by atoms with van der Waals surface area (Å²) in [6, 6.07) is 5.30. The van der Waals surface area contributed by atoms with Crippen LogP contribution in [0.2, 0.25) is 0 Å². The molecule has 1 N–H and O–H groups in total. The number of carboxylic acids is 1. The van der Waals surface area contributed by atoms with Gasteiger partial charge in [-0.2, -0.15) is 0 Å². The average Bonchev–Trinajstić information content (AvgIpc) is 2.94. The molecule has 6 nitrogen and oxygen atoms in total. The first-order valence-electron chi connectivity index (χ1n) is 7.13. The van der Waals surface area contributed by atoms with Gasteiger partial charge in [-0.1, -0.05) is 12.1 Å². The lowest BCUT2D eigenvalue weighted by Crippen LogP contribution is -2.36. The van der Waals surface area contributed by atoms with Crippen molar-refractivity contribution >= 4 is 11.9 Å². The molecule has 1 aliphatic heterocycles. The Balaban J connectivity index is 1.97. The number of alkyl halides is 3.